The first-order chi connectivity index (χ1) is 9.07. The lowest BCUT2D eigenvalue weighted by Gasteiger charge is -2.29. The molecule has 0 aromatic heterocycles. The highest BCUT2D eigenvalue weighted by molar-refractivity contribution is 7.88. The second-order valence-electron chi connectivity index (χ2n) is 5.32. The normalized spacial score (nSPS) is 24.3. The van der Waals surface area contributed by atoms with Crippen molar-refractivity contribution in [1.82, 2.24) is 10.0 Å². The van der Waals surface area contributed by atoms with Crippen molar-refractivity contribution in [1.29, 1.82) is 0 Å². The molecule has 1 aromatic rings. The molecule has 1 aliphatic heterocycles. The topological polar surface area (TPSA) is 58.2 Å². The van der Waals surface area contributed by atoms with Crippen LogP contribution in [0.15, 0.2) is 30.3 Å². The van der Waals surface area contributed by atoms with Crippen LogP contribution in [0.2, 0.25) is 0 Å². The Bertz CT molecular complexity index is 487. The van der Waals surface area contributed by atoms with Crippen LogP contribution in [0.4, 0.5) is 0 Å². The Hall–Kier alpha value is -0.910. The summed E-state index contributed by atoms with van der Waals surface area (Å²) in [5.74, 6) is 1.02. The molecule has 0 aliphatic carbocycles. The van der Waals surface area contributed by atoms with Gasteiger partial charge in [0.25, 0.3) is 0 Å². The number of piperidine rings is 1. The zero-order valence-electron chi connectivity index (χ0n) is 11.3. The molecular weight excluding hydrogens is 260 g/mol. The molecule has 0 radical (unpaired) electrons. The van der Waals surface area contributed by atoms with Gasteiger partial charge in [-0.1, -0.05) is 37.3 Å². The van der Waals surface area contributed by atoms with Gasteiger partial charge < -0.3 is 5.32 Å². The van der Waals surface area contributed by atoms with E-state index < -0.39 is 10.0 Å². The number of hydrogen-bond donors (Lipinski definition) is 2. The second-order valence-corrected chi connectivity index (χ2v) is 7.13. The molecule has 0 amide bonds. The summed E-state index contributed by atoms with van der Waals surface area (Å²) in [5.41, 5.74) is 0.827. The molecule has 1 fully saturated rings. The third-order valence-corrected chi connectivity index (χ3v) is 5.05. The summed E-state index contributed by atoms with van der Waals surface area (Å²) in [6.07, 6.45) is 1.04. The van der Waals surface area contributed by atoms with E-state index in [-0.39, 0.29) is 5.75 Å². The fraction of sp³-hybridized carbons (Fsp3) is 0.571. The Morgan fingerprint density at radius 2 is 2.05 bits per heavy atom. The van der Waals surface area contributed by atoms with Gasteiger partial charge in [0.2, 0.25) is 10.0 Å². The monoisotopic (exact) mass is 282 g/mol. The van der Waals surface area contributed by atoms with Crippen molar-refractivity contribution >= 4 is 10.0 Å². The molecule has 1 aliphatic rings. The van der Waals surface area contributed by atoms with E-state index in [0.717, 1.165) is 25.1 Å². The van der Waals surface area contributed by atoms with E-state index >= 15 is 0 Å². The lowest BCUT2D eigenvalue weighted by molar-refractivity contribution is 0.274. The fourth-order valence-corrected chi connectivity index (χ4v) is 3.65. The van der Waals surface area contributed by atoms with E-state index in [0.29, 0.717) is 18.4 Å². The average Bonchev–Trinajstić information content (AvgIpc) is 2.38. The van der Waals surface area contributed by atoms with Crippen LogP contribution in [0.1, 0.15) is 18.9 Å². The molecule has 19 heavy (non-hydrogen) atoms. The lowest BCUT2D eigenvalue weighted by atomic mass is 9.88. The molecule has 4 nitrogen and oxygen atoms in total. The summed E-state index contributed by atoms with van der Waals surface area (Å²) in [6.45, 7) is 4.68. The van der Waals surface area contributed by atoms with Crippen molar-refractivity contribution in [2.45, 2.75) is 19.1 Å². The third-order valence-electron chi connectivity index (χ3n) is 3.73. The van der Waals surface area contributed by atoms with E-state index in [9.17, 15) is 8.42 Å². The van der Waals surface area contributed by atoms with Crippen molar-refractivity contribution in [3.05, 3.63) is 35.9 Å². The minimum Gasteiger partial charge on any atom is -0.316 e. The largest absolute Gasteiger partial charge is 0.316 e. The highest BCUT2D eigenvalue weighted by Crippen LogP contribution is 2.18. The van der Waals surface area contributed by atoms with Gasteiger partial charge >= 0.3 is 0 Å². The molecule has 2 N–H and O–H groups in total. The number of benzene rings is 1. The minimum absolute atomic E-state index is 0.0627. The van der Waals surface area contributed by atoms with Crippen LogP contribution >= 0.6 is 0 Å². The summed E-state index contributed by atoms with van der Waals surface area (Å²) in [5, 5.41) is 3.32. The fourth-order valence-electron chi connectivity index (χ4n) is 2.45. The first-order valence-corrected chi connectivity index (χ1v) is 8.44. The summed E-state index contributed by atoms with van der Waals surface area (Å²) >= 11 is 0. The van der Waals surface area contributed by atoms with E-state index in [2.05, 4.69) is 17.0 Å². The molecule has 5 heteroatoms. The number of hydrogen-bond acceptors (Lipinski definition) is 3. The lowest BCUT2D eigenvalue weighted by Crippen LogP contribution is -2.41. The third kappa shape index (κ3) is 4.60. The van der Waals surface area contributed by atoms with Crippen LogP contribution in [0.5, 0.6) is 0 Å². The Morgan fingerprint density at radius 3 is 2.74 bits per heavy atom. The van der Waals surface area contributed by atoms with Crippen LogP contribution in [0.25, 0.3) is 0 Å². The van der Waals surface area contributed by atoms with Crippen molar-refractivity contribution in [2.24, 2.45) is 11.8 Å². The van der Waals surface area contributed by atoms with Gasteiger partial charge in [-0.15, -0.1) is 0 Å². The van der Waals surface area contributed by atoms with Gasteiger partial charge in [0, 0.05) is 6.54 Å². The van der Waals surface area contributed by atoms with Gasteiger partial charge in [0.1, 0.15) is 0 Å². The molecule has 106 valence electrons. The van der Waals surface area contributed by atoms with Crippen molar-refractivity contribution in [3.8, 4) is 0 Å². The SMILES string of the molecule is CC1CNCCC1CNS(=O)(=O)Cc1ccccc1. The Kier molecular flexibility index (Phi) is 4.96. The van der Waals surface area contributed by atoms with Crippen LogP contribution in [-0.2, 0) is 15.8 Å². The first-order valence-electron chi connectivity index (χ1n) is 6.79. The van der Waals surface area contributed by atoms with Crippen LogP contribution in [0.3, 0.4) is 0 Å². The van der Waals surface area contributed by atoms with Gasteiger partial charge in [-0.25, -0.2) is 13.1 Å². The van der Waals surface area contributed by atoms with Crippen LogP contribution in [0, 0.1) is 11.8 Å². The van der Waals surface area contributed by atoms with E-state index in [4.69, 9.17) is 0 Å². The maximum absolute atomic E-state index is 12.0. The molecule has 2 rings (SSSR count). The van der Waals surface area contributed by atoms with Gasteiger partial charge in [-0.3, -0.25) is 0 Å². The van der Waals surface area contributed by atoms with Crippen molar-refractivity contribution < 1.29 is 8.42 Å². The minimum atomic E-state index is -3.23. The maximum atomic E-state index is 12.0. The van der Waals surface area contributed by atoms with Crippen molar-refractivity contribution in [2.75, 3.05) is 19.6 Å². The number of rotatable bonds is 5. The summed E-state index contributed by atoms with van der Waals surface area (Å²) in [6, 6.07) is 9.29. The highest BCUT2D eigenvalue weighted by atomic mass is 32.2. The highest BCUT2D eigenvalue weighted by Gasteiger charge is 2.22. The molecule has 0 saturated carbocycles. The van der Waals surface area contributed by atoms with E-state index in [1.807, 2.05) is 30.3 Å². The number of sulfonamides is 1. The predicted octanol–water partition coefficient (Wildman–Crippen LogP) is 1.35. The van der Waals surface area contributed by atoms with Crippen molar-refractivity contribution in [3.63, 3.8) is 0 Å². The smallest absolute Gasteiger partial charge is 0.215 e. The van der Waals surface area contributed by atoms with Gasteiger partial charge in [-0.2, -0.15) is 0 Å². The molecule has 0 spiro atoms. The summed E-state index contributed by atoms with van der Waals surface area (Å²) < 4.78 is 26.8. The van der Waals surface area contributed by atoms with Crippen LogP contribution < -0.4 is 10.0 Å². The van der Waals surface area contributed by atoms with E-state index in [1.54, 1.807) is 0 Å². The quantitative estimate of drug-likeness (QED) is 0.857. The number of nitrogens with one attached hydrogen (secondary N) is 2. The zero-order chi connectivity index (χ0) is 13.7. The summed E-state index contributed by atoms with van der Waals surface area (Å²) in [7, 11) is -3.23. The van der Waals surface area contributed by atoms with Gasteiger partial charge in [0.05, 0.1) is 5.75 Å². The predicted molar refractivity (Wildman–Crippen MR) is 77.2 cm³/mol. The van der Waals surface area contributed by atoms with Gasteiger partial charge in [-0.05, 0) is 36.9 Å². The molecule has 1 heterocycles. The molecule has 1 aromatic carbocycles. The Labute approximate surface area is 115 Å². The first kappa shape index (κ1) is 14.5. The Morgan fingerprint density at radius 1 is 1.32 bits per heavy atom. The summed E-state index contributed by atoms with van der Waals surface area (Å²) in [4.78, 5) is 0. The molecule has 2 unspecified atom stereocenters. The second kappa shape index (κ2) is 6.50. The maximum Gasteiger partial charge on any atom is 0.215 e. The molecule has 0 bridgehead atoms. The zero-order valence-corrected chi connectivity index (χ0v) is 12.1. The van der Waals surface area contributed by atoms with E-state index in [1.165, 1.54) is 0 Å². The van der Waals surface area contributed by atoms with Gasteiger partial charge in [0.15, 0.2) is 0 Å². The molecule has 2 atom stereocenters. The van der Waals surface area contributed by atoms with Crippen LogP contribution in [-0.4, -0.2) is 28.1 Å². The molecule has 1 saturated heterocycles. The Balaban J connectivity index is 1.87. The molecular formula is C14H22N2O2S. The average molecular weight is 282 g/mol. The standard InChI is InChI=1S/C14H22N2O2S/c1-12-9-15-8-7-14(12)10-16-19(17,18)11-13-5-3-2-4-6-13/h2-6,12,14-16H,7-11H2,1H3.